The van der Waals surface area contributed by atoms with E-state index in [1.54, 1.807) is 0 Å². The summed E-state index contributed by atoms with van der Waals surface area (Å²) in [7, 11) is 1.97. The quantitative estimate of drug-likeness (QED) is 0.894. The fraction of sp³-hybridized carbons (Fsp3) is 0.400. The van der Waals surface area contributed by atoms with E-state index in [1.807, 2.05) is 18.7 Å². The SMILES string of the molecule is Cc1ccc(CC(N)Cc2cc(C)nn2C)cc1. The monoisotopic (exact) mass is 243 g/mol. The number of nitrogens with zero attached hydrogens (tertiary/aromatic N) is 2. The zero-order valence-electron chi connectivity index (χ0n) is 11.4. The molecule has 0 aliphatic rings. The lowest BCUT2D eigenvalue weighted by molar-refractivity contribution is 0.612. The minimum Gasteiger partial charge on any atom is -0.327 e. The van der Waals surface area contributed by atoms with Crippen molar-refractivity contribution in [1.82, 2.24) is 9.78 Å². The van der Waals surface area contributed by atoms with Crippen LogP contribution in [0.25, 0.3) is 0 Å². The van der Waals surface area contributed by atoms with Crippen molar-refractivity contribution in [2.24, 2.45) is 12.8 Å². The van der Waals surface area contributed by atoms with Crippen LogP contribution < -0.4 is 5.73 Å². The Kier molecular flexibility index (Phi) is 3.82. The van der Waals surface area contributed by atoms with E-state index in [1.165, 1.54) is 16.8 Å². The highest BCUT2D eigenvalue weighted by atomic mass is 15.3. The Bertz CT molecular complexity index is 511. The van der Waals surface area contributed by atoms with Crippen LogP contribution in [-0.2, 0) is 19.9 Å². The van der Waals surface area contributed by atoms with Crippen LogP contribution in [0, 0.1) is 13.8 Å². The van der Waals surface area contributed by atoms with Crippen molar-refractivity contribution in [1.29, 1.82) is 0 Å². The second kappa shape index (κ2) is 5.36. The first kappa shape index (κ1) is 12.8. The van der Waals surface area contributed by atoms with Crippen LogP contribution in [0.4, 0.5) is 0 Å². The molecule has 2 aromatic rings. The van der Waals surface area contributed by atoms with Gasteiger partial charge >= 0.3 is 0 Å². The second-order valence-electron chi connectivity index (χ2n) is 5.05. The molecule has 1 heterocycles. The number of hydrogen-bond acceptors (Lipinski definition) is 2. The molecule has 0 fully saturated rings. The number of rotatable bonds is 4. The summed E-state index contributed by atoms with van der Waals surface area (Å²) in [6.45, 7) is 4.11. The summed E-state index contributed by atoms with van der Waals surface area (Å²) in [5, 5.41) is 4.34. The molecule has 0 aliphatic carbocycles. The van der Waals surface area contributed by atoms with Crippen molar-refractivity contribution in [2.75, 3.05) is 0 Å². The molecule has 2 rings (SSSR count). The third kappa shape index (κ3) is 3.20. The molecule has 1 atom stereocenters. The van der Waals surface area contributed by atoms with E-state index < -0.39 is 0 Å². The van der Waals surface area contributed by atoms with Gasteiger partial charge in [-0.1, -0.05) is 29.8 Å². The van der Waals surface area contributed by atoms with Crippen molar-refractivity contribution >= 4 is 0 Å². The molecular formula is C15H21N3. The third-order valence-corrected chi connectivity index (χ3v) is 3.19. The highest BCUT2D eigenvalue weighted by Crippen LogP contribution is 2.09. The Hall–Kier alpha value is -1.61. The smallest absolute Gasteiger partial charge is 0.0596 e. The summed E-state index contributed by atoms with van der Waals surface area (Å²) in [5.41, 5.74) is 11.0. The van der Waals surface area contributed by atoms with Crippen molar-refractivity contribution in [2.45, 2.75) is 32.7 Å². The van der Waals surface area contributed by atoms with Crippen LogP contribution in [0.5, 0.6) is 0 Å². The van der Waals surface area contributed by atoms with Crippen LogP contribution >= 0.6 is 0 Å². The van der Waals surface area contributed by atoms with E-state index in [0.29, 0.717) is 0 Å². The molecule has 3 heteroatoms. The summed E-state index contributed by atoms with van der Waals surface area (Å²) in [6.07, 6.45) is 1.77. The predicted molar refractivity (Wildman–Crippen MR) is 74.5 cm³/mol. The van der Waals surface area contributed by atoms with Crippen LogP contribution in [-0.4, -0.2) is 15.8 Å². The zero-order chi connectivity index (χ0) is 13.1. The third-order valence-electron chi connectivity index (χ3n) is 3.19. The van der Waals surface area contributed by atoms with E-state index in [-0.39, 0.29) is 6.04 Å². The van der Waals surface area contributed by atoms with E-state index in [0.717, 1.165) is 18.5 Å². The zero-order valence-corrected chi connectivity index (χ0v) is 11.4. The van der Waals surface area contributed by atoms with Gasteiger partial charge in [0.15, 0.2) is 0 Å². The fourth-order valence-electron chi connectivity index (χ4n) is 2.22. The highest BCUT2D eigenvalue weighted by molar-refractivity contribution is 5.22. The Labute approximate surface area is 109 Å². The van der Waals surface area contributed by atoms with Gasteiger partial charge in [-0.2, -0.15) is 5.10 Å². The molecule has 0 saturated carbocycles. The molecule has 1 unspecified atom stereocenters. The fourth-order valence-corrected chi connectivity index (χ4v) is 2.22. The van der Waals surface area contributed by atoms with Gasteiger partial charge < -0.3 is 5.73 Å². The molecule has 1 aromatic carbocycles. The number of hydrogen-bond donors (Lipinski definition) is 1. The molecule has 2 N–H and O–H groups in total. The molecule has 3 nitrogen and oxygen atoms in total. The average molecular weight is 243 g/mol. The Morgan fingerprint density at radius 2 is 1.83 bits per heavy atom. The van der Waals surface area contributed by atoms with Crippen molar-refractivity contribution in [3.8, 4) is 0 Å². The maximum absolute atomic E-state index is 6.21. The van der Waals surface area contributed by atoms with Gasteiger partial charge in [-0.15, -0.1) is 0 Å². The lowest BCUT2D eigenvalue weighted by Crippen LogP contribution is -2.26. The summed E-state index contributed by atoms with van der Waals surface area (Å²) in [6, 6.07) is 10.8. The highest BCUT2D eigenvalue weighted by Gasteiger charge is 2.09. The number of aromatic nitrogens is 2. The molecule has 96 valence electrons. The largest absolute Gasteiger partial charge is 0.327 e. The molecule has 1 aromatic heterocycles. The molecule has 0 aliphatic heterocycles. The van der Waals surface area contributed by atoms with E-state index >= 15 is 0 Å². The summed E-state index contributed by atoms with van der Waals surface area (Å²) < 4.78 is 1.92. The maximum Gasteiger partial charge on any atom is 0.0596 e. The summed E-state index contributed by atoms with van der Waals surface area (Å²) >= 11 is 0. The Balaban J connectivity index is 1.98. The van der Waals surface area contributed by atoms with E-state index in [2.05, 4.69) is 42.4 Å². The standard InChI is InChI=1S/C15H21N3/c1-11-4-6-13(7-5-11)9-14(16)10-15-8-12(2)17-18(15)3/h4-8,14H,9-10,16H2,1-3H3. The Morgan fingerprint density at radius 1 is 1.17 bits per heavy atom. The minimum atomic E-state index is 0.141. The normalized spacial score (nSPS) is 12.7. The van der Waals surface area contributed by atoms with Gasteiger partial charge in [-0.3, -0.25) is 4.68 Å². The van der Waals surface area contributed by atoms with E-state index in [9.17, 15) is 0 Å². The molecule has 0 bridgehead atoms. The van der Waals surface area contributed by atoms with Crippen molar-refractivity contribution in [3.05, 3.63) is 52.8 Å². The number of nitrogens with two attached hydrogens (primary N) is 1. The molecule has 18 heavy (non-hydrogen) atoms. The molecule has 0 spiro atoms. The molecule has 0 saturated heterocycles. The molecular weight excluding hydrogens is 222 g/mol. The van der Waals surface area contributed by atoms with Crippen molar-refractivity contribution < 1.29 is 0 Å². The number of benzene rings is 1. The lowest BCUT2D eigenvalue weighted by atomic mass is 10.0. The van der Waals surface area contributed by atoms with Crippen LogP contribution in [0.1, 0.15) is 22.5 Å². The topological polar surface area (TPSA) is 43.8 Å². The van der Waals surface area contributed by atoms with Crippen LogP contribution in [0.15, 0.2) is 30.3 Å². The first-order valence-electron chi connectivity index (χ1n) is 6.35. The van der Waals surface area contributed by atoms with Crippen LogP contribution in [0.2, 0.25) is 0 Å². The summed E-state index contributed by atoms with van der Waals surface area (Å²) in [4.78, 5) is 0. The molecule has 0 amide bonds. The van der Waals surface area contributed by atoms with Gasteiger partial charge in [0, 0.05) is 25.2 Å². The minimum absolute atomic E-state index is 0.141. The van der Waals surface area contributed by atoms with Gasteiger partial charge in [0.25, 0.3) is 0 Å². The maximum atomic E-state index is 6.21. The molecule has 0 radical (unpaired) electrons. The first-order chi connectivity index (χ1) is 8.54. The first-order valence-corrected chi connectivity index (χ1v) is 6.35. The van der Waals surface area contributed by atoms with Gasteiger partial charge in [0.05, 0.1) is 5.69 Å². The predicted octanol–water partition coefficient (Wildman–Crippen LogP) is 2.15. The van der Waals surface area contributed by atoms with Crippen molar-refractivity contribution in [3.63, 3.8) is 0 Å². The average Bonchev–Trinajstić information content (AvgIpc) is 2.61. The van der Waals surface area contributed by atoms with Gasteiger partial charge in [0.1, 0.15) is 0 Å². The van der Waals surface area contributed by atoms with Gasteiger partial charge in [-0.05, 0) is 31.9 Å². The van der Waals surface area contributed by atoms with E-state index in [4.69, 9.17) is 5.73 Å². The van der Waals surface area contributed by atoms with Crippen LogP contribution in [0.3, 0.4) is 0 Å². The lowest BCUT2D eigenvalue weighted by Gasteiger charge is -2.12. The second-order valence-corrected chi connectivity index (χ2v) is 5.05. The number of aryl methyl sites for hydroxylation is 3. The summed E-state index contributed by atoms with van der Waals surface area (Å²) in [5.74, 6) is 0. The Morgan fingerprint density at radius 3 is 2.39 bits per heavy atom. The van der Waals surface area contributed by atoms with Gasteiger partial charge in [-0.25, -0.2) is 0 Å². The van der Waals surface area contributed by atoms with Gasteiger partial charge in [0.2, 0.25) is 0 Å².